The minimum absolute atomic E-state index is 0.0219. The van der Waals surface area contributed by atoms with E-state index in [0.717, 1.165) is 0 Å². The van der Waals surface area contributed by atoms with E-state index in [4.69, 9.17) is 23.4 Å². The Morgan fingerprint density at radius 3 is 2.62 bits per heavy atom. The summed E-state index contributed by atoms with van der Waals surface area (Å²) in [5.41, 5.74) is 1.23. The van der Waals surface area contributed by atoms with Crippen LogP contribution in [0.3, 0.4) is 0 Å². The molecule has 0 fully saturated rings. The van der Waals surface area contributed by atoms with E-state index in [-0.39, 0.29) is 11.8 Å². The van der Waals surface area contributed by atoms with Gasteiger partial charge in [0.1, 0.15) is 6.00 Å². The van der Waals surface area contributed by atoms with Crippen LogP contribution in [0, 0.1) is 0 Å². The normalized spacial score (nSPS) is 9.77. The first-order valence-electron chi connectivity index (χ1n) is 3.76. The van der Waals surface area contributed by atoms with Gasteiger partial charge < -0.3 is 0 Å². The number of nitrogens with zero attached hydrogens (tertiary/aromatic N) is 1. The van der Waals surface area contributed by atoms with E-state index < -0.39 is 0 Å². The zero-order valence-electron chi connectivity index (χ0n) is 7.13. The fraction of sp³-hybridized carbons (Fsp3) is 0.222. The van der Waals surface area contributed by atoms with Gasteiger partial charge >= 0.3 is 0 Å². The molecule has 0 heterocycles. The first kappa shape index (κ1) is 10.4. The summed E-state index contributed by atoms with van der Waals surface area (Å²) in [5.74, 6) is -0.0219. The predicted octanol–water partition coefficient (Wildman–Crippen LogP) is 3.05. The number of rotatable bonds is 3. The Bertz CT molecular complexity index is 314. The molecule has 4 heteroatoms. The van der Waals surface area contributed by atoms with Crippen molar-refractivity contribution in [3.05, 3.63) is 29.8 Å². The van der Waals surface area contributed by atoms with Crippen molar-refractivity contribution < 1.29 is 4.79 Å². The van der Waals surface area contributed by atoms with Gasteiger partial charge in [-0.2, -0.15) is 0 Å². The fourth-order valence-corrected chi connectivity index (χ4v) is 1.32. The Labute approximate surface area is 87.2 Å². The zero-order valence-corrected chi connectivity index (χ0v) is 8.64. The Balaban J connectivity index is 3.11. The van der Waals surface area contributed by atoms with Gasteiger partial charge in [0.2, 0.25) is 0 Å². The third-order valence-electron chi connectivity index (χ3n) is 1.65. The molecule has 0 aliphatic carbocycles. The molecule has 0 amide bonds. The third kappa shape index (κ3) is 2.36. The number of halogens is 2. The topological polar surface area (TPSA) is 20.3 Å². The molecule has 0 atom stereocenters. The number of hydrogen-bond donors (Lipinski definition) is 0. The number of carbonyl (C=O) groups is 1. The molecule has 1 aromatic carbocycles. The SMILES string of the molecule is CC(=O)c1ccccc1N(Cl)CCl. The second-order valence-electron chi connectivity index (χ2n) is 2.56. The van der Waals surface area contributed by atoms with E-state index in [1.165, 1.54) is 11.3 Å². The number of ketones is 1. The van der Waals surface area contributed by atoms with Crippen molar-refractivity contribution in [1.82, 2.24) is 0 Å². The van der Waals surface area contributed by atoms with Gasteiger partial charge in [-0.3, -0.25) is 9.21 Å². The van der Waals surface area contributed by atoms with Crippen LogP contribution in [0.5, 0.6) is 0 Å². The molecule has 1 aromatic rings. The van der Waals surface area contributed by atoms with Gasteiger partial charge in [-0.15, -0.1) is 11.6 Å². The molecule has 0 unspecified atom stereocenters. The van der Waals surface area contributed by atoms with Crippen LogP contribution in [-0.4, -0.2) is 11.8 Å². The van der Waals surface area contributed by atoms with Crippen molar-refractivity contribution in [1.29, 1.82) is 0 Å². The van der Waals surface area contributed by atoms with E-state index >= 15 is 0 Å². The number of Topliss-reactive ketones (excluding diaryl/α,β-unsaturated/α-hetero) is 1. The molecular weight excluding hydrogens is 209 g/mol. The van der Waals surface area contributed by atoms with Crippen molar-refractivity contribution in [3.63, 3.8) is 0 Å². The highest BCUT2D eigenvalue weighted by Gasteiger charge is 2.10. The smallest absolute Gasteiger partial charge is 0.161 e. The highest BCUT2D eigenvalue weighted by Crippen LogP contribution is 2.22. The van der Waals surface area contributed by atoms with Crippen molar-refractivity contribution in [3.8, 4) is 0 Å². The van der Waals surface area contributed by atoms with Gasteiger partial charge in [-0.25, -0.2) is 0 Å². The highest BCUT2D eigenvalue weighted by molar-refractivity contribution is 6.32. The molecule has 0 saturated heterocycles. The molecule has 1 rings (SSSR count). The molecule has 0 bridgehead atoms. The molecular formula is C9H9Cl2NO. The number of para-hydroxylation sites is 1. The summed E-state index contributed by atoms with van der Waals surface area (Å²) in [6, 6.07) is 7.22. The number of benzene rings is 1. The summed E-state index contributed by atoms with van der Waals surface area (Å²) in [4.78, 5) is 11.2. The Morgan fingerprint density at radius 2 is 2.08 bits per heavy atom. The maximum atomic E-state index is 11.2. The lowest BCUT2D eigenvalue weighted by atomic mass is 10.1. The van der Waals surface area contributed by atoms with Crippen LogP contribution in [0.15, 0.2) is 24.3 Å². The number of alkyl halides is 1. The van der Waals surface area contributed by atoms with Crippen molar-refractivity contribution in [2.45, 2.75) is 6.92 Å². The van der Waals surface area contributed by atoms with Crippen LogP contribution in [-0.2, 0) is 0 Å². The highest BCUT2D eigenvalue weighted by atomic mass is 35.5. The van der Waals surface area contributed by atoms with E-state index in [0.29, 0.717) is 11.3 Å². The fourth-order valence-electron chi connectivity index (χ4n) is 1.05. The first-order chi connectivity index (χ1) is 6.16. The average Bonchev–Trinajstić information content (AvgIpc) is 2.16. The summed E-state index contributed by atoms with van der Waals surface area (Å²) in [5, 5.41) is 0. The lowest BCUT2D eigenvalue weighted by Gasteiger charge is -2.14. The molecule has 0 N–H and O–H groups in total. The van der Waals surface area contributed by atoms with Gasteiger partial charge in [0.15, 0.2) is 5.78 Å². The Morgan fingerprint density at radius 1 is 1.46 bits per heavy atom. The molecule has 0 aliphatic rings. The molecule has 13 heavy (non-hydrogen) atoms. The van der Waals surface area contributed by atoms with Gasteiger partial charge in [0, 0.05) is 17.3 Å². The summed E-state index contributed by atoms with van der Waals surface area (Å²) < 4.78 is 1.30. The minimum Gasteiger partial charge on any atom is -0.294 e. The van der Waals surface area contributed by atoms with Crippen LogP contribution < -0.4 is 4.42 Å². The molecule has 0 saturated carbocycles. The quantitative estimate of drug-likeness (QED) is 0.336. The maximum Gasteiger partial charge on any atom is 0.161 e. The largest absolute Gasteiger partial charge is 0.294 e. The summed E-state index contributed by atoms with van der Waals surface area (Å²) >= 11 is 11.3. The minimum atomic E-state index is -0.0219. The van der Waals surface area contributed by atoms with Gasteiger partial charge in [0.25, 0.3) is 0 Å². The molecule has 0 aliphatic heterocycles. The van der Waals surface area contributed by atoms with Crippen molar-refractivity contribution in [2.75, 3.05) is 10.4 Å². The predicted molar refractivity (Wildman–Crippen MR) is 55.5 cm³/mol. The van der Waals surface area contributed by atoms with Crippen LogP contribution in [0.25, 0.3) is 0 Å². The summed E-state index contributed by atoms with van der Waals surface area (Å²) in [7, 11) is 0. The van der Waals surface area contributed by atoms with Crippen LogP contribution >= 0.6 is 23.4 Å². The average molecular weight is 218 g/mol. The van der Waals surface area contributed by atoms with E-state index in [1.54, 1.807) is 18.2 Å². The molecule has 0 spiro atoms. The van der Waals surface area contributed by atoms with Gasteiger partial charge in [-0.1, -0.05) is 12.1 Å². The van der Waals surface area contributed by atoms with Gasteiger partial charge in [-0.05, 0) is 19.1 Å². The number of hydrogen-bond acceptors (Lipinski definition) is 2. The zero-order chi connectivity index (χ0) is 9.84. The van der Waals surface area contributed by atoms with Crippen molar-refractivity contribution in [2.24, 2.45) is 0 Å². The molecule has 70 valence electrons. The summed E-state index contributed by atoms with van der Waals surface area (Å²) in [6.07, 6.45) is 0. The van der Waals surface area contributed by atoms with Crippen LogP contribution in [0.4, 0.5) is 5.69 Å². The van der Waals surface area contributed by atoms with Gasteiger partial charge in [0.05, 0.1) is 5.69 Å². The van der Waals surface area contributed by atoms with E-state index in [2.05, 4.69) is 0 Å². The van der Waals surface area contributed by atoms with E-state index in [9.17, 15) is 4.79 Å². The lowest BCUT2D eigenvalue weighted by Crippen LogP contribution is -2.10. The van der Waals surface area contributed by atoms with Crippen LogP contribution in [0.2, 0.25) is 0 Å². The maximum absolute atomic E-state index is 11.2. The number of carbonyl (C=O) groups excluding carboxylic acids is 1. The number of anilines is 1. The van der Waals surface area contributed by atoms with Crippen molar-refractivity contribution >= 4 is 34.8 Å². The second kappa shape index (κ2) is 4.49. The van der Waals surface area contributed by atoms with Crippen LogP contribution in [0.1, 0.15) is 17.3 Å². The second-order valence-corrected chi connectivity index (χ2v) is 3.20. The summed E-state index contributed by atoms with van der Waals surface area (Å²) in [6.45, 7) is 1.50. The molecule has 0 radical (unpaired) electrons. The monoisotopic (exact) mass is 217 g/mol. The lowest BCUT2D eigenvalue weighted by molar-refractivity contribution is 0.101. The molecule has 2 nitrogen and oxygen atoms in total. The molecule has 0 aromatic heterocycles. The first-order valence-corrected chi connectivity index (χ1v) is 4.63. The third-order valence-corrected chi connectivity index (χ3v) is 2.31. The standard InChI is InChI=1S/C9H9Cl2NO/c1-7(13)8-4-2-3-5-9(8)12(11)6-10/h2-5H,6H2,1H3. The Hall–Kier alpha value is -0.730. The van der Waals surface area contributed by atoms with E-state index in [1.807, 2.05) is 6.07 Å². The Kier molecular flexibility index (Phi) is 3.58.